The fourth-order valence-corrected chi connectivity index (χ4v) is 2.64. The number of carbonyl (C=O) groups is 1. The van der Waals surface area contributed by atoms with Crippen LogP contribution in [0.25, 0.3) is 11.3 Å². The second-order valence-corrected chi connectivity index (χ2v) is 6.87. The van der Waals surface area contributed by atoms with Gasteiger partial charge in [0.2, 0.25) is 5.95 Å². The Hall–Kier alpha value is -3.26. The number of aryl methyl sites for hydroxylation is 1. The van der Waals surface area contributed by atoms with Crippen molar-refractivity contribution in [2.24, 2.45) is 0 Å². The van der Waals surface area contributed by atoms with Crippen LogP contribution in [0.5, 0.6) is 0 Å². The summed E-state index contributed by atoms with van der Waals surface area (Å²) < 4.78 is 0. The molecule has 5 N–H and O–H groups in total. The maximum absolute atomic E-state index is 12.2. The molecule has 0 bridgehead atoms. The van der Waals surface area contributed by atoms with Crippen molar-refractivity contribution in [3.8, 4) is 11.3 Å². The molecule has 1 amide bonds. The first kappa shape index (κ1) is 19.5. The second kappa shape index (κ2) is 8.18. The predicted molar refractivity (Wildman–Crippen MR) is 108 cm³/mol. The Morgan fingerprint density at radius 2 is 2.04 bits per heavy atom. The minimum atomic E-state index is -0.714. The van der Waals surface area contributed by atoms with Crippen molar-refractivity contribution in [2.75, 3.05) is 18.9 Å². The van der Waals surface area contributed by atoms with Crippen molar-refractivity contribution in [3.63, 3.8) is 0 Å². The first-order valence-electron chi connectivity index (χ1n) is 9.04. The average molecular weight is 380 g/mol. The number of amides is 1. The van der Waals surface area contributed by atoms with Gasteiger partial charge in [0, 0.05) is 43.3 Å². The molecule has 1 heterocycles. The first-order valence-corrected chi connectivity index (χ1v) is 9.04. The number of rotatable bonds is 8. The maximum Gasteiger partial charge on any atom is 0.251 e. The molecule has 0 saturated heterocycles. The van der Waals surface area contributed by atoms with Gasteiger partial charge in [0.1, 0.15) is 0 Å². The number of anilines is 1. The van der Waals surface area contributed by atoms with E-state index >= 15 is 0 Å². The van der Waals surface area contributed by atoms with Gasteiger partial charge in [-0.2, -0.15) is 0 Å². The maximum atomic E-state index is 12.2. The van der Waals surface area contributed by atoms with Crippen molar-refractivity contribution >= 4 is 18.1 Å². The monoisotopic (exact) mass is 380 g/mol. The summed E-state index contributed by atoms with van der Waals surface area (Å²) in [7, 11) is 1.75. The average Bonchev–Trinajstić information content (AvgIpc) is 3.45. The number of carbonyl (C=O) groups excluding carboxylic acids is 1. The Labute approximate surface area is 163 Å². The van der Waals surface area contributed by atoms with Crippen LogP contribution in [-0.2, 0) is 0 Å². The van der Waals surface area contributed by atoms with Crippen LogP contribution in [0.15, 0.2) is 42.4 Å². The number of hydrogen-bond acceptors (Lipinski definition) is 7. The molecule has 1 fully saturated rings. The summed E-state index contributed by atoms with van der Waals surface area (Å²) in [6, 6.07) is 7.14. The van der Waals surface area contributed by atoms with Gasteiger partial charge >= 0.3 is 0 Å². The molecule has 1 aromatic carbocycles. The third-order valence-electron chi connectivity index (χ3n) is 4.51. The van der Waals surface area contributed by atoms with Crippen molar-refractivity contribution < 1.29 is 9.90 Å². The lowest BCUT2D eigenvalue weighted by Gasteiger charge is -2.11. The zero-order valence-electron chi connectivity index (χ0n) is 15.9. The van der Waals surface area contributed by atoms with E-state index in [0.29, 0.717) is 17.2 Å². The fraction of sp³-hybridized carbons (Fsp3) is 0.300. The molecule has 0 radical (unpaired) electrons. The highest BCUT2D eigenvalue weighted by molar-refractivity contribution is 5.94. The summed E-state index contributed by atoms with van der Waals surface area (Å²) in [5.74, 6) is 0.173. The van der Waals surface area contributed by atoms with Crippen molar-refractivity contribution in [1.82, 2.24) is 20.6 Å². The number of aromatic nitrogens is 2. The Bertz CT molecular complexity index is 903. The zero-order chi connectivity index (χ0) is 20.1. The third kappa shape index (κ3) is 4.72. The lowest BCUT2D eigenvalue weighted by Crippen LogP contribution is -2.33. The summed E-state index contributed by atoms with van der Waals surface area (Å²) in [4.78, 5) is 21.0. The second-order valence-electron chi connectivity index (χ2n) is 6.87. The number of hydrogen-bond donors (Lipinski definition) is 5. The lowest BCUT2D eigenvalue weighted by molar-refractivity contribution is 0.0896. The van der Waals surface area contributed by atoms with Gasteiger partial charge in [-0.15, -0.1) is 0 Å². The number of nitrogens with zero attached hydrogens (tertiary/aromatic N) is 2. The van der Waals surface area contributed by atoms with E-state index in [1.54, 1.807) is 31.6 Å². The molecule has 3 rings (SSSR count). The molecule has 1 aliphatic carbocycles. The van der Waals surface area contributed by atoms with E-state index in [1.807, 2.05) is 19.1 Å². The van der Waals surface area contributed by atoms with Crippen LogP contribution in [0.3, 0.4) is 0 Å². The van der Waals surface area contributed by atoms with Crippen LogP contribution in [0.1, 0.15) is 28.8 Å². The molecule has 146 valence electrons. The van der Waals surface area contributed by atoms with Crippen LogP contribution in [0, 0.1) is 12.3 Å². The van der Waals surface area contributed by atoms with E-state index in [1.165, 1.54) is 6.21 Å². The van der Waals surface area contributed by atoms with Gasteiger partial charge in [0.15, 0.2) is 0 Å². The Morgan fingerprint density at radius 1 is 1.32 bits per heavy atom. The zero-order valence-corrected chi connectivity index (χ0v) is 15.9. The Morgan fingerprint density at radius 3 is 2.64 bits per heavy atom. The van der Waals surface area contributed by atoms with Gasteiger partial charge in [-0.25, -0.2) is 9.97 Å². The normalized spacial score (nSPS) is 14.9. The van der Waals surface area contributed by atoms with Gasteiger partial charge in [-0.1, -0.05) is 12.1 Å². The molecule has 0 aliphatic heterocycles. The summed E-state index contributed by atoms with van der Waals surface area (Å²) in [6.07, 6.45) is 5.99. The van der Waals surface area contributed by atoms with E-state index in [9.17, 15) is 9.90 Å². The van der Waals surface area contributed by atoms with Crippen LogP contribution in [0.4, 0.5) is 5.95 Å². The molecule has 1 aliphatic rings. The van der Waals surface area contributed by atoms with Gasteiger partial charge in [-0.3, -0.25) is 4.79 Å². The summed E-state index contributed by atoms with van der Waals surface area (Å²) in [5, 5.41) is 25.8. The van der Waals surface area contributed by atoms with Gasteiger partial charge < -0.3 is 26.5 Å². The summed E-state index contributed by atoms with van der Waals surface area (Å²) in [6.45, 7) is 2.19. The van der Waals surface area contributed by atoms with Gasteiger partial charge in [-0.05, 0) is 37.5 Å². The van der Waals surface area contributed by atoms with Crippen LogP contribution in [-0.4, -0.2) is 46.4 Å². The first-order chi connectivity index (χ1) is 13.4. The molecule has 28 heavy (non-hydrogen) atoms. The van der Waals surface area contributed by atoms with E-state index in [4.69, 9.17) is 5.41 Å². The lowest BCUT2D eigenvalue weighted by atomic mass is 10.1. The highest BCUT2D eigenvalue weighted by Gasteiger charge is 2.40. The molecular weight excluding hydrogens is 356 g/mol. The molecule has 1 aromatic heterocycles. The SMILES string of the molecule is CN/C=C(\C=N)Nc1ncc(C)c(-c2ccc(C(=O)NCC3(O)CC3)cc2)n1. The molecular formula is C20H24N6O2. The van der Waals surface area contributed by atoms with E-state index in [-0.39, 0.29) is 12.5 Å². The third-order valence-corrected chi connectivity index (χ3v) is 4.51. The number of aliphatic hydroxyl groups is 1. The minimum absolute atomic E-state index is 0.207. The molecule has 0 spiro atoms. The minimum Gasteiger partial charge on any atom is -0.392 e. The molecule has 2 aromatic rings. The van der Waals surface area contributed by atoms with Gasteiger partial charge in [0.25, 0.3) is 5.91 Å². The summed E-state index contributed by atoms with van der Waals surface area (Å²) >= 11 is 0. The Balaban J connectivity index is 1.75. The molecule has 0 atom stereocenters. The van der Waals surface area contributed by atoms with Gasteiger partial charge in [0.05, 0.1) is 17.0 Å². The predicted octanol–water partition coefficient (Wildman–Crippen LogP) is 1.83. The Kier molecular flexibility index (Phi) is 5.70. The standard InChI is InChI=1S/C20H24N6O2/c1-13-10-23-19(25-16(9-21)11-22-2)26-17(13)14-3-5-15(6-4-14)18(27)24-12-20(28)7-8-20/h3-6,9-11,21-22,28H,7-8,12H2,1-2H3,(H,24,27)(H,23,25,26)/b16-11+,21-9?. The largest absolute Gasteiger partial charge is 0.392 e. The van der Waals surface area contributed by atoms with Crippen LogP contribution in [0.2, 0.25) is 0 Å². The number of nitrogens with one attached hydrogen (secondary N) is 4. The molecule has 8 nitrogen and oxygen atoms in total. The highest BCUT2D eigenvalue weighted by atomic mass is 16.3. The molecule has 0 unspecified atom stereocenters. The molecule has 1 saturated carbocycles. The smallest absolute Gasteiger partial charge is 0.251 e. The van der Waals surface area contributed by atoms with E-state index < -0.39 is 5.60 Å². The van der Waals surface area contributed by atoms with Crippen molar-refractivity contribution in [3.05, 3.63) is 53.5 Å². The highest BCUT2D eigenvalue weighted by Crippen LogP contribution is 2.34. The number of benzene rings is 1. The van der Waals surface area contributed by atoms with Crippen molar-refractivity contribution in [2.45, 2.75) is 25.4 Å². The van der Waals surface area contributed by atoms with Crippen LogP contribution >= 0.6 is 0 Å². The quantitative estimate of drug-likeness (QED) is 0.445. The van der Waals surface area contributed by atoms with E-state index in [2.05, 4.69) is 25.9 Å². The van der Waals surface area contributed by atoms with Crippen LogP contribution < -0.4 is 16.0 Å². The van der Waals surface area contributed by atoms with Crippen molar-refractivity contribution in [1.29, 1.82) is 5.41 Å². The fourth-order valence-electron chi connectivity index (χ4n) is 2.64. The number of allylic oxidation sites excluding steroid dienone is 1. The summed E-state index contributed by atoms with van der Waals surface area (Å²) in [5.41, 5.74) is 2.84. The topological polar surface area (TPSA) is 123 Å². The van der Waals surface area contributed by atoms with E-state index in [0.717, 1.165) is 29.7 Å². The molecule has 8 heteroatoms.